The molecular weight excluding hydrogens is 256 g/mol. The quantitative estimate of drug-likeness (QED) is 0.716. The van der Waals surface area contributed by atoms with E-state index in [-0.39, 0.29) is 0 Å². The molecule has 4 rings (SSSR count). The molecule has 0 saturated heterocycles. The zero-order valence-electron chi connectivity index (χ0n) is 12.0. The first-order chi connectivity index (χ1) is 10.3. The second kappa shape index (κ2) is 4.88. The highest BCUT2D eigenvalue weighted by atomic mass is 14.7. The first-order valence-corrected chi connectivity index (χ1v) is 7.59. The van der Waals surface area contributed by atoms with E-state index in [1.54, 1.807) is 0 Å². The highest BCUT2D eigenvalue weighted by Crippen LogP contribution is 2.33. The van der Waals surface area contributed by atoms with Gasteiger partial charge in [-0.1, -0.05) is 42.5 Å². The van der Waals surface area contributed by atoms with Gasteiger partial charge in [-0.3, -0.25) is 0 Å². The van der Waals surface area contributed by atoms with Crippen LogP contribution in [0.3, 0.4) is 0 Å². The Kier molecular flexibility index (Phi) is 2.88. The number of aromatic nitrogens is 1. The molecule has 2 N–H and O–H groups in total. The fourth-order valence-electron chi connectivity index (χ4n) is 3.30. The van der Waals surface area contributed by atoms with Crippen molar-refractivity contribution in [3.8, 4) is 11.3 Å². The second-order valence-corrected chi connectivity index (χ2v) is 5.77. The SMILES string of the molecule is Nc1cc(-c2ccccc2)nc2c3c(ccc12)CCCC3. The number of nitrogens with two attached hydrogens (primary N) is 1. The molecular formula is C19H18N2. The lowest BCUT2D eigenvalue weighted by Gasteiger charge is -2.18. The first kappa shape index (κ1) is 12.4. The van der Waals surface area contributed by atoms with Crippen molar-refractivity contribution in [1.82, 2.24) is 4.98 Å². The van der Waals surface area contributed by atoms with Gasteiger partial charge in [-0.2, -0.15) is 0 Å². The zero-order valence-corrected chi connectivity index (χ0v) is 12.0. The van der Waals surface area contributed by atoms with Crippen LogP contribution in [-0.2, 0) is 12.8 Å². The molecule has 0 fully saturated rings. The minimum absolute atomic E-state index is 0.826. The number of aryl methyl sites for hydroxylation is 2. The second-order valence-electron chi connectivity index (χ2n) is 5.77. The van der Waals surface area contributed by atoms with Crippen LogP contribution in [0.4, 0.5) is 5.69 Å². The number of rotatable bonds is 1. The van der Waals surface area contributed by atoms with Gasteiger partial charge in [0.25, 0.3) is 0 Å². The fraction of sp³-hybridized carbons (Fsp3) is 0.211. The van der Waals surface area contributed by atoms with Crippen LogP contribution in [0, 0.1) is 0 Å². The number of benzene rings is 2. The van der Waals surface area contributed by atoms with Crippen molar-refractivity contribution < 1.29 is 0 Å². The Hall–Kier alpha value is -2.35. The molecule has 1 aliphatic carbocycles. The van der Waals surface area contributed by atoms with Gasteiger partial charge in [-0.05, 0) is 42.9 Å². The van der Waals surface area contributed by atoms with E-state index in [2.05, 4.69) is 24.3 Å². The lowest BCUT2D eigenvalue weighted by molar-refractivity contribution is 0.689. The Bertz CT molecular complexity index is 807. The van der Waals surface area contributed by atoms with Crippen LogP contribution in [0.1, 0.15) is 24.0 Å². The van der Waals surface area contributed by atoms with Crippen molar-refractivity contribution in [2.24, 2.45) is 0 Å². The van der Waals surface area contributed by atoms with Gasteiger partial charge >= 0.3 is 0 Å². The van der Waals surface area contributed by atoms with E-state index in [0.717, 1.165) is 34.3 Å². The van der Waals surface area contributed by atoms with Gasteiger partial charge in [0.1, 0.15) is 0 Å². The van der Waals surface area contributed by atoms with Crippen molar-refractivity contribution >= 4 is 16.6 Å². The van der Waals surface area contributed by atoms with Gasteiger partial charge in [0.05, 0.1) is 11.2 Å². The molecule has 0 bridgehead atoms. The summed E-state index contributed by atoms with van der Waals surface area (Å²) >= 11 is 0. The third-order valence-electron chi connectivity index (χ3n) is 4.41. The van der Waals surface area contributed by atoms with Crippen molar-refractivity contribution in [2.75, 3.05) is 5.73 Å². The number of anilines is 1. The summed E-state index contributed by atoms with van der Waals surface area (Å²) in [4.78, 5) is 4.94. The maximum atomic E-state index is 6.29. The predicted molar refractivity (Wildman–Crippen MR) is 88.2 cm³/mol. The average molecular weight is 274 g/mol. The average Bonchev–Trinajstić information content (AvgIpc) is 2.55. The smallest absolute Gasteiger partial charge is 0.0764 e. The van der Waals surface area contributed by atoms with Gasteiger partial charge in [0.2, 0.25) is 0 Å². The number of fused-ring (bicyclic) bond motifs is 3. The molecule has 2 aromatic carbocycles. The lowest BCUT2D eigenvalue weighted by atomic mass is 9.89. The molecule has 3 aromatic rings. The molecule has 0 unspecified atom stereocenters. The Morgan fingerprint density at radius 1 is 0.905 bits per heavy atom. The first-order valence-electron chi connectivity index (χ1n) is 7.59. The van der Waals surface area contributed by atoms with E-state index in [4.69, 9.17) is 10.7 Å². The Balaban J connectivity index is 1.99. The van der Waals surface area contributed by atoms with E-state index >= 15 is 0 Å². The summed E-state index contributed by atoms with van der Waals surface area (Å²) in [5, 5.41) is 1.09. The third-order valence-corrected chi connectivity index (χ3v) is 4.41. The van der Waals surface area contributed by atoms with Crippen molar-refractivity contribution in [1.29, 1.82) is 0 Å². The molecule has 1 heterocycles. The third kappa shape index (κ3) is 2.07. The summed E-state index contributed by atoms with van der Waals surface area (Å²) in [6.45, 7) is 0. The van der Waals surface area contributed by atoms with Gasteiger partial charge in [0, 0.05) is 16.6 Å². The molecule has 0 saturated carbocycles. The van der Waals surface area contributed by atoms with Crippen LogP contribution >= 0.6 is 0 Å². The molecule has 0 amide bonds. The monoisotopic (exact) mass is 274 g/mol. The molecule has 2 heteroatoms. The topological polar surface area (TPSA) is 38.9 Å². The minimum atomic E-state index is 0.826. The van der Waals surface area contributed by atoms with E-state index < -0.39 is 0 Å². The van der Waals surface area contributed by atoms with E-state index in [0.29, 0.717) is 0 Å². The molecule has 104 valence electrons. The predicted octanol–water partition coefficient (Wildman–Crippen LogP) is 4.36. The highest BCUT2D eigenvalue weighted by Gasteiger charge is 2.15. The molecule has 0 atom stereocenters. The normalized spacial score (nSPS) is 14.1. The summed E-state index contributed by atoms with van der Waals surface area (Å²) in [6, 6.07) is 16.6. The van der Waals surface area contributed by atoms with Crippen molar-refractivity contribution in [3.63, 3.8) is 0 Å². The molecule has 2 nitrogen and oxygen atoms in total. The molecule has 1 aromatic heterocycles. The van der Waals surface area contributed by atoms with Gasteiger partial charge in [-0.15, -0.1) is 0 Å². The Morgan fingerprint density at radius 2 is 1.71 bits per heavy atom. The van der Waals surface area contributed by atoms with Crippen molar-refractivity contribution in [3.05, 3.63) is 59.7 Å². The molecule has 21 heavy (non-hydrogen) atoms. The molecule has 0 radical (unpaired) electrons. The van der Waals surface area contributed by atoms with E-state index in [1.807, 2.05) is 24.3 Å². The zero-order chi connectivity index (χ0) is 14.2. The van der Waals surface area contributed by atoms with Gasteiger partial charge < -0.3 is 5.73 Å². The Labute approximate surface area is 124 Å². The van der Waals surface area contributed by atoms with Crippen LogP contribution in [0.5, 0.6) is 0 Å². The van der Waals surface area contributed by atoms with Crippen LogP contribution in [0.2, 0.25) is 0 Å². The number of nitrogen functional groups attached to an aromatic ring is 1. The number of hydrogen-bond donors (Lipinski definition) is 1. The van der Waals surface area contributed by atoms with Crippen LogP contribution < -0.4 is 5.73 Å². The summed E-state index contributed by atoms with van der Waals surface area (Å²) in [5.41, 5.74) is 13.2. The fourth-order valence-corrected chi connectivity index (χ4v) is 3.30. The summed E-state index contributed by atoms with van der Waals surface area (Å²) in [5.74, 6) is 0. The maximum absolute atomic E-state index is 6.29. The van der Waals surface area contributed by atoms with Crippen LogP contribution in [-0.4, -0.2) is 4.98 Å². The van der Waals surface area contributed by atoms with E-state index in [9.17, 15) is 0 Å². The Morgan fingerprint density at radius 3 is 2.57 bits per heavy atom. The summed E-state index contributed by atoms with van der Waals surface area (Å²) in [7, 11) is 0. The summed E-state index contributed by atoms with van der Waals surface area (Å²) < 4.78 is 0. The number of hydrogen-bond acceptors (Lipinski definition) is 2. The molecule has 1 aliphatic rings. The number of nitrogens with zero attached hydrogens (tertiary/aromatic N) is 1. The molecule has 0 aliphatic heterocycles. The number of pyridine rings is 1. The van der Waals surface area contributed by atoms with E-state index in [1.165, 1.54) is 30.4 Å². The molecule has 0 spiro atoms. The standard InChI is InChI=1S/C19H18N2/c20-17-12-18(14-7-2-1-3-8-14)21-19-15-9-5-4-6-13(15)10-11-16(17)19/h1-3,7-8,10-12H,4-6,9H2,(H2,20,21). The van der Waals surface area contributed by atoms with Crippen molar-refractivity contribution in [2.45, 2.75) is 25.7 Å². The summed E-state index contributed by atoms with van der Waals surface area (Å²) in [6.07, 6.45) is 4.83. The van der Waals surface area contributed by atoms with Gasteiger partial charge in [0.15, 0.2) is 0 Å². The van der Waals surface area contributed by atoms with Gasteiger partial charge in [-0.25, -0.2) is 4.98 Å². The van der Waals surface area contributed by atoms with Crippen LogP contribution in [0.15, 0.2) is 48.5 Å². The largest absolute Gasteiger partial charge is 0.398 e. The van der Waals surface area contributed by atoms with Crippen LogP contribution in [0.25, 0.3) is 22.2 Å². The maximum Gasteiger partial charge on any atom is 0.0764 e. The minimum Gasteiger partial charge on any atom is -0.398 e. The lowest BCUT2D eigenvalue weighted by Crippen LogP contribution is -2.05. The highest BCUT2D eigenvalue weighted by molar-refractivity contribution is 5.95.